The van der Waals surface area contributed by atoms with Gasteiger partial charge in [0.2, 0.25) is 0 Å². The quantitative estimate of drug-likeness (QED) is 0.755. The zero-order valence-electron chi connectivity index (χ0n) is 12.8. The second-order valence-corrected chi connectivity index (χ2v) is 5.50. The van der Waals surface area contributed by atoms with Gasteiger partial charge in [0.25, 0.3) is 5.91 Å². The molecule has 1 N–H and O–H groups in total. The number of nitrogens with zero attached hydrogens (tertiary/aromatic N) is 2. The summed E-state index contributed by atoms with van der Waals surface area (Å²) in [6.45, 7) is 7.34. The van der Waals surface area contributed by atoms with Gasteiger partial charge in [0, 0.05) is 12.6 Å². The van der Waals surface area contributed by atoms with E-state index in [1.54, 1.807) is 20.8 Å². The van der Waals surface area contributed by atoms with Crippen molar-refractivity contribution in [3.05, 3.63) is 0 Å². The third kappa shape index (κ3) is 5.06. The lowest BCUT2D eigenvalue weighted by atomic mass is 9.99. The van der Waals surface area contributed by atoms with Crippen LogP contribution in [0.5, 0.6) is 0 Å². The number of unbranched alkanes of at least 4 members (excludes halogenated alkanes) is 1. The van der Waals surface area contributed by atoms with Crippen molar-refractivity contribution in [1.29, 1.82) is 0 Å². The van der Waals surface area contributed by atoms with Crippen molar-refractivity contribution in [2.45, 2.75) is 58.5 Å². The van der Waals surface area contributed by atoms with Crippen LogP contribution in [0.4, 0.5) is 4.79 Å². The smallest absolute Gasteiger partial charge is 0.408 e. The largest absolute Gasteiger partial charge is 0.465 e. The summed E-state index contributed by atoms with van der Waals surface area (Å²) >= 11 is 0. The summed E-state index contributed by atoms with van der Waals surface area (Å²) in [5.74, 6) is -0.340. The molecule has 0 saturated carbocycles. The van der Waals surface area contributed by atoms with Gasteiger partial charge < -0.3 is 5.11 Å². The number of hydroxylamine groups is 2. The highest BCUT2D eigenvalue weighted by Gasteiger charge is 2.38. The number of rotatable bonds is 6. The van der Waals surface area contributed by atoms with Crippen LogP contribution >= 0.6 is 0 Å². The van der Waals surface area contributed by atoms with Gasteiger partial charge in [0.1, 0.15) is 6.04 Å². The Hall–Kier alpha value is -1.30. The first kappa shape index (κ1) is 17.7. The fraction of sp³-hybridized carbons (Fsp3) is 0.846. The van der Waals surface area contributed by atoms with E-state index >= 15 is 0 Å². The highest BCUT2D eigenvalue weighted by Crippen LogP contribution is 2.22. The third-order valence-electron chi connectivity index (χ3n) is 2.94. The standard InChI is InChI=1S/C13H26N2O4/c1-7-8-9-10(11(16)14(5)19-6)15(12(17)18)13(2,3)4/h10H,7-9H2,1-6H3,(H,17,18)/t10-/m0/s1. The van der Waals surface area contributed by atoms with Gasteiger partial charge in [0.15, 0.2) is 0 Å². The van der Waals surface area contributed by atoms with Gasteiger partial charge >= 0.3 is 6.09 Å². The number of carbonyl (C=O) groups excluding carboxylic acids is 1. The second-order valence-electron chi connectivity index (χ2n) is 5.50. The molecule has 6 heteroatoms. The van der Waals surface area contributed by atoms with Crippen molar-refractivity contribution in [3.8, 4) is 0 Å². The lowest BCUT2D eigenvalue weighted by Gasteiger charge is -2.39. The van der Waals surface area contributed by atoms with Gasteiger partial charge in [-0.2, -0.15) is 0 Å². The minimum Gasteiger partial charge on any atom is -0.465 e. The van der Waals surface area contributed by atoms with Crippen LogP contribution in [0, 0.1) is 0 Å². The third-order valence-corrected chi connectivity index (χ3v) is 2.94. The molecular formula is C13H26N2O4. The molecule has 0 fully saturated rings. The Kier molecular flexibility index (Phi) is 6.83. The molecule has 0 rings (SSSR count). The SMILES string of the molecule is CCCC[C@@H](C(=O)N(C)OC)N(C(=O)O)C(C)(C)C. The highest BCUT2D eigenvalue weighted by molar-refractivity contribution is 5.84. The number of amides is 2. The van der Waals surface area contributed by atoms with Crippen LogP contribution in [-0.4, -0.2) is 52.8 Å². The summed E-state index contributed by atoms with van der Waals surface area (Å²) in [7, 11) is 2.88. The van der Waals surface area contributed by atoms with E-state index in [4.69, 9.17) is 4.84 Å². The fourth-order valence-electron chi connectivity index (χ4n) is 1.95. The molecule has 0 bridgehead atoms. The van der Waals surface area contributed by atoms with E-state index in [1.165, 1.54) is 19.1 Å². The Morgan fingerprint density at radius 2 is 1.84 bits per heavy atom. The van der Waals surface area contributed by atoms with Crippen LogP contribution < -0.4 is 0 Å². The first-order valence-corrected chi connectivity index (χ1v) is 6.50. The first-order chi connectivity index (χ1) is 8.66. The van der Waals surface area contributed by atoms with Crippen molar-refractivity contribution in [1.82, 2.24) is 9.96 Å². The van der Waals surface area contributed by atoms with Gasteiger partial charge in [-0.15, -0.1) is 0 Å². The van der Waals surface area contributed by atoms with E-state index in [2.05, 4.69) is 0 Å². The molecule has 0 heterocycles. The number of carbonyl (C=O) groups is 2. The maximum Gasteiger partial charge on any atom is 0.408 e. The van der Waals surface area contributed by atoms with Gasteiger partial charge in [-0.25, -0.2) is 9.86 Å². The van der Waals surface area contributed by atoms with Gasteiger partial charge in [-0.1, -0.05) is 19.8 Å². The highest BCUT2D eigenvalue weighted by atomic mass is 16.7. The molecule has 0 aliphatic rings. The second kappa shape index (κ2) is 7.33. The van der Waals surface area contributed by atoms with Gasteiger partial charge in [-0.3, -0.25) is 14.5 Å². The topological polar surface area (TPSA) is 70.1 Å². The average molecular weight is 274 g/mol. The monoisotopic (exact) mass is 274 g/mol. The van der Waals surface area contributed by atoms with E-state index in [0.717, 1.165) is 17.9 Å². The van der Waals surface area contributed by atoms with Crippen molar-refractivity contribution >= 4 is 12.0 Å². The van der Waals surface area contributed by atoms with Crippen LogP contribution in [-0.2, 0) is 9.63 Å². The number of hydrogen-bond donors (Lipinski definition) is 1. The molecule has 0 spiro atoms. The van der Waals surface area contributed by atoms with Crippen molar-refractivity contribution in [3.63, 3.8) is 0 Å². The molecule has 0 aromatic rings. The molecule has 0 saturated heterocycles. The maximum atomic E-state index is 12.3. The summed E-state index contributed by atoms with van der Waals surface area (Å²) in [5, 5.41) is 10.5. The molecule has 112 valence electrons. The normalized spacial score (nSPS) is 12.9. The van der Waals surface area contributed by atoms with E-state index in [9.17, 15) is 14.7 Å². The van der Waals surface area contributed by atoms with E-state index in [0.29, 0.717) is 6.42 Å². The van der Waals surface area contributed by atoms with Crippen LogP contribution in [0.15, 0.2) is 0 Å². The number of hydrogen-bond acceptors (Lipinski definition) is 3. The predicted molar refractivity (Wildman–Crippen MR) is 72.7 cm³/mol. The average Bonchev–Trinajstić information content (AvgIpc) is 2.30. The Balaban J connectivity index is 5.30. The summed E-state index contributed by atoms with van der Waals surface area (Å²) in [6, 6.07) is -0.720. The van der Waals surface area contributed by atoms with Crippen molar-refractivity contribution in [2.75, 3.05) is 14.2 Å². The zero-order valence-corrected chi connectivity index (χ0v) is 12.8. The molecule has 0 radical (unpaired) electrons. The summed E-state index contributed by atoms with van der Waals surface area (Å²) in [4.78, 5) is 29.8. The predicted octanol–water partition coefficient (Wildman–Crippen LogP) is 2.34. The fourth-order valence-corrected chi connectivity index (χ4v) is 1.95. The molecule has 6 nitrogen and oxygen atoms in total. The minimum atomic E-state index is -1.09. The summed E-state index contributed by atoms with van der Waals surface area (Å²) < 4.78 is 0. The number of likely N-dealkylation sites (N-methyl/N-ethyl adjacent to an activating group) is 1. The molecule has 0 unspecified atom stereocenters. The van der Waals surface area contributed by atoms with Gasteiger partial charge in [-0.05, 0) is 27.2 Å². The van der Waals surface area contributed by atoms with Crippen molar-refractivity contribution in [2.24, 2.45) is 0 Å². The molecular weight excluding hydrogens is 248 g/mol. The lowest BCUT2D eigenvalue weighted by Crippen LogP contribution is -2.56. The first-order valence-electron chi connectivity index (χ1n) is 6.50. The molecule has 2 amide bonds. The van der Waals surface area contributed by atoms with Crippen molar-refractivity contribution < 1.29 is 19.5 Å². The molecule has 1 atom stereocenters. The Labute approximate surface area is 115 Å². The minimum absolute atomic E-state index is 0.340. The zero-order chi connectivity index (χ0) is 15.2. The van der Waals surface area contributed by atoms with Crippen LogP contribution in [0.2, 0.25) is 0 Å². The molecule has 0 aromatic carbocycles. The Morgan fingerprint density at radius 3 is 2.16 bits per heavy atom. The number of carboxylic acid groups (broad SMARTS) is 1. The van der Waals surface area contributed by atoms with E-state index < -0.39 is 17.7 Å². The summed E-state index contributed by atoms with van der Waals surface area (Å²) in [5.41, 5.74) is -0.644. The van der Waals surface area contributed by atoms with Crippen LogP contribution in [0.25, 0.3) is 0 Å². The lowest BCUT2D eigenvalue weighted by molar-refractivity contribution is -0.175. The van der Waals surface area contributed by atoms with Crippen LogP contribution in [0.3, 0.4) is 0 Å². The van der Waals surface area contributed by atoms with E-state index in [1.807, 2.05) is 6.92 Å². The van der Waals surface area contributed by atoms with Crippen LogP contribution in [0.1, 0.15) is 47.0 Å². The maximum absolute atomic E-state index is 12.3. The molecule has 0 aliphatic heterocycles. The molecule has 0 aliphatic carbocycles. The summed E-state index contributed by atoms with van der Waals surface area (Å²) in [6.07, 6.45) is 1.09. The Morgan fingerprint density at radius 1 is 1.32 bits per heavy atom. The van der Waals surface area contributed by atoms with Gasteiger partial charge in [0.05, 0.1) is 7.11 Å². The Bertz CT molecular complexity index is 312. The van der Waals surface area contributed by atoms with E-state index in [-0.39, 0.29) is 5.91 Å². The molecule has 0 aromatic heterocycles. The molecule has 19 heavy (non-hydrogen) atoms.